The highest BCUT2D eigenvalue weighted by molar-refractivity contribution is 6.05. The van der Waals surface area contributed by atoms with Crippen LogP contribution in [0.15, 0.2) is 47.6 Å². The fourth-order valence-corrected chi connectivity index (χ4v) is 5.24. The molecule has 1 amide bonds. The van der Waals surface area contributed by atoms with E-state index >= 15 is 0 Å². The molecule has 2 aromatic carbocycles. The van der Waals surface area contributed by atoms with Gasteiger partial charge in [0, 0.05) is 44.0 Å². The Labute approximate surface area is 206 Å². The number of piperidine rings is 1. The smallest absolute Gasteiger partial charge is 0.257 e. The molecule has 2 saturated heterocycles. The predicted octanol–water partition coefficient (Wildman–Crippen LogP) is 3.53. The molecule has 8 heteroatoms. The monoisotopic (exact) mass is 479 g/mol. The Balaban J connectivity index is 1.39. The first-order chi connectivity index (χ1) is 17.0. The minimum Gasteiger partial charge on any atom is -0.497 e. The Hall–Kier alpha value is -2.94. The minimum atomic E-state index is -0.451. The van der Waals surface area contributed by atoms with E-state index < -0.39 is 5.79 Å². The summed E-state index contributed by atoms with van der Waals surface area (Å²) >= 11 is 0. The molecule has 3 aliphatic rings. The van der Waals surface area contributed by atoms with Gasteiger partial charge in [0.25, 0.3) is 5.91 Å². The van der Waals surface area contributed by atoms with E-state index in [0.717, 1.165) is 48.3 Å². The summed E-state index contributed by atoms with van der Waals surface area (Å²) in [7, 11) is 3.26. The van der Waals surface area contributed by atoms with Crippen LogP contribution in [0, 0.1) is 6.92 Å². The van der Waals surface area contributed by atoms with Crippen LogP contribution < -0.4 is 9.47 Å². The van der Waals surface area contributed by atoms with Crippen LogP contribution in [0.4, 0.5) is 0 Å². The average molecular weight is 480 g/mol. The molecule has 0 unspecified atom stereocenters. The van der Waals surface area contributed by atoms with E-state index in [1.165, 1.54) is 0 Å². The lowest BCUT2D eigenvalue weighted by atomic mass is 9.95. The Kier molecular flexibility index (Phi) is 6.77. The second-order valence-electron chi connectivity index (χ2n) is 9.31. The second-order valence-corrected chi connectivity index (χ2v) is 9.31. The van der Waals surface area contributed by atoms with E-state index in [2.05, 4.69) is 24.0 Å². The summed E-state index contributed by atoms with van der Waals surface area (Å²) in [5.41, 5.74) is 3.95. The van der Waals surface area contributed by atoms with Crippen LogP contribution >= 0.6 is 0 Å². The fourth-order valence-electron chi connectivity index (χ4n) is 5.24. The lowest BCUT2D eigenvalue weighted by Crippen LogP contribution is -2.48. The Morgan fingerprint density at radius 1 is 1.09 bits per heavy atom. The van der Waals surface area contributed by atoms with Gasteiger partial charge in [-0.05, 0) is 30.2 Å². The van der Waals surface area contributed by atoms with Gasteiger partial charge in [0.15, 0.2) is 5.79 Å². The van der Waals surface area contributed by atoms with Gasteiger partial charge >= 0.3 is 0 Å². The highest BCUT2D eigenvalue weighted by Crippen LogP contribution is 2.38. The Morgan fingerprint density at radius 3 is 2.51 bits per heavy atom. The van der Waals surface area contributed by atoms with Crippen LogP contribution in [-0.4, -0.2) is 74.4 Å². The van der Waals surface area contributed by atoms with Crippen molar-refractivity contribution in [1.29, 1.82) is 0 Å². The van der Waals surface area contributed by atoms with Crippen molar-refractivity contribution < 1.29 is 23.7 Å². The van der Waals surface area contributed by atoms with Crippen molar-refractivity contribution in [3.63, 3.8) is 0 Å². The number of hydrazone groups is 1. The highest BCUT2D eigenvalue weighted by atomic mass is 16.7. The van der Waals surface area contributed by atoms with Gasteiger partial charge in [0.05, 0.1) is 45.7 Å². The summed E-state index contributed by atoms with van der Waals surface area (Å²) in [5.74, 6) is 0.932. The van der Waals surface area contributed by atoms with Gasteiger partial charge in [-0.15, -0.1) is 0 Å². The molecule has 0 radical (unpaired) electrons. The van der Waals surface area contributed by atoms with Crippen LogP contribution in [0.5, 0.6) is 11.5 Å². The zero-order valence-corrected chi connectivity index (χ0v) is 20.7. The number of rotatable bonds is 6. The van der Waals surface area contributed by atoms with Crippen LogP contribution in [0.2, 0.25) is 0 Å². The maximum atomic E-state index is 13.6. The van der Waals surface area contributed by atoms with E-state index in [1.54, 1.807) is 19.2 Å². The van der Waals surface area contributed by atoms with Crippen molar-refractivity contribution in [1.82, 2.24) is 9.91 Å². The second kappa shape index (κ2) is 9.97. The number of nitrogens with zero attached hydrogens (tertiary/aromatic N) is 3. The van der Waals surface area contributed by atoms with Crippen molar-refractivity contribution in [2.45, 2.75) is 38.0 Å². The lowest BCUT2D eigenvalue weighted by Gasteiger charge is -2.37. The molecule has 0 bridgehead atoms. The number of methoxy groups -OCH3 is 2. The van der Waals surface area contributed by atoms with E-state index in [-0.39, 0.29) is 11.9 Å². The molecule has 0 aromatic heterocycles. The molecule has 0 N–H and O–H groups in total. The largest absolute Gasteiger partial charge is 0.497 e. The van der Waals surface area contributed by atoms with Gasteiger partial charge in [-0.2, -0.15) is 5.10 Å². The third-order valence-electron chi connectivity index (χ3n) is 7.22. The molecular formula is C27H33N3O5. The summed E-state index contributed by atoms with van der Waals surface area (Å²) in [6.07, 6.45) is 2.17. The summed E-state index contributed by atoms with van der Waals surface area (Å²) in [6.45, 7) is 5.22. The number of ether oxygens (including phenoxy) is 4. The van der Waals surface area contributed by atoms with E-state index in [1.807, 2.05) is 30.3 Å². The van der Waals surface area contributed by atoms with Gasteiger partial charge in [0.2, 0.25) is 0 Å². The SMILES string of the molecule is COc1ccc(C2=NN(C(=O)CN3CCC4(CC3)OCCO4)[C@H](c3ccccc3C)C2)c(OC)c1. The molecular weight excluding hydrogens is 446 g/mol. The average Bonchev–Trinajstić information content (AvgIpc) is 3.53. The Bertz CT molecular complexity index is 1100. The Morgan fingerprint density at radius 2 is 1.83 bits per heavy atom. The highest BCUT2D eigenvalue weighted by Gasteiger charge is 2.41. The number of carbonyl (C=O) groups excluding carboxylic acids is 1. The number of aryl methyl sites for hydroxylation is 1. The van der Waals surface area contributed by atoms with Crippen molar-refractivity contribution in [3.8, 4) is 11.5 Å². The molecule has 3 aliphatic heterocycles. The topological polar surface area (TPSA) is 72.8 Å². The number of likely N-dealkylation sites (tertiary alicyclic amines) is 1. The summed E-state index contributed by atoms with van der Waals surface area (Å²) < 4.78 is 22.7. The fraction of sp³-hybridized carbons (Fsp3) is 0.481. The quantitative estimate of drug-likeness (QED) is 0.631. The molecule has 1 atom stereocenters. The number of hydrogen-bond acceptors (Lipinski definition) is 7. The lowest BCUT2D eigenvalue weighted by molar-refractivity contribution is -0.186. The van der Waals surface area contributed by atoms with Gasteiger partial charge in [0.1, 0.15) is 11.5 Å². The van der Waals surface area contributed by atoms with Gasteiger partial charge in [-0.1, -0.05) is 24.3 Å². The van der Waals surface area contributed by atoms with Crippen molar-refractivity contribution in [3.05, 3.63) is 59.2 Å². The maximum Gasteiger partial charge on any atom is 0.257 e. The van der Waals surface area contributed by atoms with Gasteiger partial charge < -0.3 is 18.9 Å². The van der Waals surface area contributed by atoms with Gasteiger partial charge in [-0.25, -0.2) is 5.01 Å². The maximum absolute atomic E-state index is 13.6. The summed E-state index contributed by atoms with van der Waals surface area (Å²) in [5, 5.41) is 6.54. The zero-order chi connectivity index (χ0) is 24.4. The van der Waals surface area contributed by atoms with Crippen LogP contribution in [-0.2, 0) is 14.3 Å². The van der Waals surface area contributed by atoms with E-state index in [9.17, 15) is 4.79 Å². The molecule has 3 heterocycles. The van der Waals surface area contributed by atoms with E-state index in [0.29, 0.717) is 37.7 Å². The number of amides is 1. The summed E-state index contributed by atoms with van der Waals surface area (Å²) in [4.78, 5) is 15.8. The third kappa shape index (κ3) is 4.78. The predicted molar refractivity (Wildman–Crippen MR) is 132 cm³/mol. The molecule has 35 heavy (non-hydrogen) atoms. The molecule has 2 aromatic rings. The standard InChI is InChI=1S/C27H33N3O5/c1-19-6-4-5-7-21(19)24-17-23(22-9-8-20(32-2)16-25(22)33-3)28-30(24)26(31)18-29-12-10-27(11-13-29)34-14-15-35-27/h4-9,16,24H,10-15,17-18H2,1-3H3/t24-/m0/s1. The first-order valence-electron chi connectivity index (χ1n) is 12.2. The van der Waals surface area contributed by atoms with Crippen LogP contribution in [0.25, 0.3) is 0 Å². The molecule has 0 aliphatic carbocycles. The van der Waals surface area contributed by atoms with Crippen LogP contribution in [0.1, 0.15) is 42.0 Å². The molecule has 8 nitrogen and oxygen atoms in total. The summed E-state index contributed by atoms with van der Waals surface area (Å²) in [6, 6.07) is 13.7. The molecule has 5 rings (SSSR count). The van der Waals surface area contributed by atoms with Gasteiger partial charge in [-0.3, -0.25) is 9.69 Å². The first kappa shape index (κ1) is 23.8. The number of carbonyl (C=O) groups is 1. The molecule has 1 spiro atoms. The van der Waals surface area contributed by atoms with Crippen molar-refractivity contribution in [2.75, 3.05) is 47.1 Å². The van der Waals surface area contributed by atoms with Crippen LogP contribution in [0.3, 0.4) is 0 Å². The normalized spacial score (nSPS) is 21.9. The third-order valence-corrected chi connectivity index (χ3v) is 7.22. The zero-order valence-electron chi connectivity index (χ0n) is 20.7. The minimum absolute atomic E-state index is 0.00931. The van der Waals surface area contributed by atoms with Crippen molar-refractivity contribution in [2.24, 2.45) is 5.10 Å². The van der Waals surface area contributed by atoms with E-state index in [4.69, 9.17) is 24.0 Å². The molecule has 0 saturated carbocycles. The number of hydrogen-bond donors (Lipinski definition) is 0. The first-order valence-corrected chi connectivity index (χ1v) is 12.2. The number of benzene rings is 2. The molecule has 2 fully saturated rings. The van der Waals surface area contributed by atoms with Crippen molar-refractivity contribution >= 4 is 11.6 Å². The molecule has 186 valence electrons.